The summed E-state index contributed by atoms with van der Waals surface area (Å²) in [6.45, 7) is 3.95. The van der Waals surface area contributed by atoms with Gasteiger partial charge in [0.1, 0.15) is 0 Å². The quantitative estimate of drug-likeness (QED) is 0.854. The zero-order valence-electron chi connectivity index (χ0n) is 12.1. The number of carbonyl (C=O) groups is 1. The Kier molecular flexibility index (Phi) is 5.15. The van der Waals surface area contributed by atoms with Crippen LogP contribution in [-0.2, 0) is 0 Å². The van der Waals surface area contributed by atoms with Crippen molar-refractivity contribution in [2.45, 2.75) is 20.3 Å². The molecular formula is C17H17NO2S. The molecule has 0 aliphatic heterocycles. The molecular weight excluding hydrogens is 282 g/mol. The molecule has 21 heavy (non-hydrogen) atoms. The number of carbonyl (C=O) groups excluding carboxylic acids is 1. The van der Waals surface area contributed by atoms with E-state index < -0.39 is 0 Å². The molecule has 1 aromatic heterocycles. The van der Waals surface area contributed by atoms with Gasteiger partial charge in [-0.05, 0) is 42.5 Å². The average Bonchev–Trinajstić information content (AvgIpc) is 2.89. The number of hydrogen-bond acceptors (Lipinski definition) is 3. The molecule has 0 spiro atoms. The molecule has 0 aliphatic rings. The van der Waals surface area contributed by atoms with Crippen molar-refractivity contribution in [3.05, 3.63) is 51.2 Å². The summed E-state index contributed by atoms with van der Waals surface area (Å²) in [6.07, 6.45) is 0.449. The number of anilines is 1. The standard InChI is InChI=1S/C17H17NO2S/c1-12-6-7-15(9-14(12)5-3-4-8-19)18-17(20)16-11-21-10-13(16)2/h6-7,9-11,19H,4,8H2,1-2H3,(H,18,20). The Bertz CT molecular complexity index is 707. The van der Waals surface area contributed by atoms with E-state index in [4.69, 9.17) is 5.11 Å². The molecule has 3 nitrogen and oxygen atoms in total. The van der Waals surface area contributed by atoms with Gasteiger partial charge in [-0.1, -0.05) is 17.9 Å². The number of thiophene rings is 1. The minimum atomic E-state index is -0.105. The van der Waals surface area contributed by atoms with Gasteiger partial charge in [0.25, 0.3) is 5.91 Å². The van der Waals surface area contributed by atoms with Crippen molar-refractivity contribution < 1.29 is 9.90 Å². The van der Waals surface area contributed by atoms with Gasteiger partial charge in [0.15, 0.2) is 0 Å². The number of rotatable bonds is 3. The molecule has 0 fully saturated rings. The van der Waals surface area contributed by atoms with Crippen LogP contribution in [0.5, 0.6) is 0 Å². The Hall–Kier alpha value is -2.09. The molecule has 2 aromatic rings. The predicted octanol–water partition coefficient (Wildman–Crippen LogP) is 3.35. The van der Waals surface area contributed by atoms with Gasteiger partial charge in [-0.25, -0.2) is 0 Å². The SMILES string of the molecule is Cc1ccc(NC(=O)c2cscc2C)cc1C#CCCO. The smallest absolute Gasteiger partial charge is 0.256 e. The van der Waals surface area contributed by atoms with Gasteiger partial charge in [0.2, 0.25) is 0 Å². The highest BCUT2D eigenvalue weighted by Gasteiger charge is 2.10. The van der Waals surface area contributed by atoms with Gasteiger partial charge in [0, 0.05) is 23.1 Å². The first-order valence-corrected chi connectivity index (χ1v) is 7.60. The molecule has 0 saturated carbocycles. The normalized spacial score (nSPS) is 9.86. The van der Waals surface area contributed by atoms with E-state index in [-0.39, 0.29) is 12.5 Å². The lowest BCUT2D eigenvalue weighted by Gasteiger charge is -2.07. The van der Waals surface area contributed by atoms with Gasteiger partial charge in [-0.3, -0.25) is 4.79 Å². The summed E-state index contributed by atoms with van der Waals surface area (Å²) in [5.41, 5.74) is 4.32. The van der Waals surface area contributed by atoms with E-state index in [9.17, 15) is 4.79 Å². The highest BCUT2D eigenvalue weighted by atomic mass is 32.1. The van der Waals surface area contributed by atoms with Crippen LogP contribution in [0, 0.1) is 25.7 Å². The number of aryl methyl sites for hydroxylation is 2. The Morgan fingerprint density at radius 3 is 2.76 bits per heavy atom. The minimum Gasteiger partial charge on any atom is -0.395 e. The highest BCUT2D eigenvalue weighted by Crippen LogP contribution is 2.18. The van der Waals surface area contributed by atoms with E-state index in [1.165, 1.54) is 11.3 Å². The Labute approximate surface area is 128 Å². The first-order chi connectivity index (χ1) is 10.1. The van der Waals surface area contributed by atoms with E-state index in [1.54, 1.807) is 0 Å². The lowest BCUT2D eigenvalue weighted by atomic mass is 10.1. The summed E-state index contributed by atoms with van der Waals surface area (Å²) in [6, 6.07) is 5.66. The largest absolute Gasteiger partial charge is 0.395 e. The minimum absolute atomic E-state index is 0.0555. The fraction of sp³-hybridized carbons (Fsp3) is 0.235. The molecule has 0 unspecified atom stereocenters. The summed E-state index contributed by atoms with van der Waals surface area (Å²) in [4.78, 5) is 12.2. The van der Waals surface area contributed by atoms with E-state index >= 15 is 0 Å². The van der Waals surface area contributed by atoms with Crippen LogP contribution in [0.4, 0.5) is 5.69 Å². The summed E-state index contributed by atoms with van der Waals surface area (Å²) in [5, 5.41) is 15.5. The highest BCUT2D eigenvalue weighted by molar-refractivity contribution is 7.08. The van der Waals surface area contributed by atoms with Crippen LogP contribution in [0.1, 0.15) is 33.5 Å². The number of amides is 1. The number of nitrogens with one attached hydrogen (secondary N) is 1. The van der Waals surface area contributed by atoms with Crippen molar-refractivity contribution in [2.75, 3.05) is 11.9 Å². The average molecular weight is 299 g/mol. The van der Waals surface area contributed by atoms with E-state index in [1.807, 2.05) is 42.8 Å². The van der Waals surface area contributed by atoms with Crippen molar-refractivity contribution >= 4 is 22.9 Å². The topological polar surface area (TPSA) is 49.3 Å². The number of aliphatic hydroxyl groups is 1. The maximum Gasteiger partial charge on any atom is 0.256 e. The van der Waals surface area contributed by atoms with Crippen LogP contribution >= 0.6 is 11.3 Å². The van der Waals surface area contributed by atoms with Gasteiger partial charge in [-0.15, -0.1) is 0 Å². The molecule has 2 N–H and O–H groups in total. The summed E-state index contributed by atoms with van der Waals surface area (Å²) >= 11 is 1.52. The Balaban J connectivity index is 2.18. The summed E-state index contributed by atoms with van der Waals surface area (Å²) < 4.78 is 0. The first-order valence-electron chi connectivity index (χ1n) is 6.66. The van der Waals surface area contributed by atoms with Gasteiger partial charge < -0.3 is 10.4 Å². The van der Waals surface area contributed by atoms with Gasteiger partial charge in [0.05, 0.1) is 12.2 Å². The zero-order valence-corrected chi connectivity index (χ0v) is 12.9. The Morgan fingerprint density at radius 2 is 2.10 bits per heavy atom. The predicted molar refractivity (Wildman–Crippen MR) is 86.8 cm³/mol. The lowest BCUT2D eigenvalue weighted by molar-refractivity contribution is 0.102. The van der Waals surface area contributed by atoms with Crippen molar-refractivity contribution in [1.29, 1.82) is 0 Å². The molecule has 2 rings (SSSR count). The van der Waals surface area contributed by atoms with Crippen LogP contribution in [0.2, 0.25) is 0 Å². The van der Waals surface area contributed by atoms with E-state index in [0.29, 0.717) is 12.0 Å². The van der Waals surface area contributed by atoms with Crippen LogP contribution < -0.4 is 5.32 Å². The molecule has 0 radical (unpaired) electrons. The number of hydrogen-bond donors (Lipinski definition) is 2. The molecule has 0 aliphatic carbocycles. The molecule has 0 saturated heterocycles. The molecule has 108 valence electrons. The van der Waals surface area contributed by atoms with Crippen molar-refractivity contribution in [1.82, 2.24) is 0 Å². The molecule has 1 aromatic carbocycles. The third kappa shape index (κ3) is 3.94. The maximum atomic E-state index is 12.2. The van der Waals surface area contributed by atoms with Crippen LogP contribution in [-0.4, -0.2) is 17.6 Å². The van der Waals surface area contributed by atoms with Crippen molar-refractivity contribution in [3.63, 3.8) is 0 Å². The second-order valence-corrected chi connectivity index (χ2v) is 5.47. The van der Waals surface area contributed by atoms with Crippen LogP contribution in [0.25, 0.3) is 0 Å². The second-order valence-electron chi connectivity index (χ2n) is 4.73. The molecule has 0 atom stereocenters. The van der Waals surface area contributed by atoms with E-state index in [0.717, 1.165) is 22.4 Å². The third-order valence-electron chi connectivity index (χ3n) is 3.06. The van der Waals surface area contributed by atoms with Crippen molar-refractivity contribution in [2.24, 2.45) is 0 Å². The maximum absolute atomic E-state index is 12.2. The fourth-order valence-electron chi connectivity index (χ4n) is 1.84. The summed E-state index contributed by atoms with van der Waals surface area (Å²) in [5.74, 6) is 5.81. The monoisotopic (exact) mass is 299 g/mol. The zero-order chi connectivity index (χ0) is 15.2. The first kappa shape index (κ1) is 15.3. The van der Waals surface area contributed by atoms with E-state index in [2.05, 4.69) is 17.2 Å². The fourth-order valence-corrected chi connectivity index (χ4v) is 2.67. The summed E-state index contributed by atoms with van der Waals surface area (Å²) in [7, 11) is 0. The molecule has 4 heteroatoms. The van der Waals surface area contributed by atoms with Gasteiger partial charge in [-0.2, -0.15) is 11.3 Å². The lowest BCUT2D eigenvalue weighted by Crippen LogP contribution is -2.12. The van der Waals surface area contributed by atoms with Crippen molar-refractivity contribution in [3.8, 4) is 11.8 Å². The van der Waals surface area contributed by atoms with Crippen LogP contribution in [0.3, 0.4) is 0 Å². The second kappa shape index (κ2) is 7.07. The third-order valence-corrected chi connectivity index (χ3v) is 3.92. The number of benzene rings is 1. The Morgan fingerprint density at radius 1 is 1.29 bits per heavy atom. The molecule has 1 heterocycles. The molecule has 0 bridgehead atoms. The number of aliphatic hydroxyl groups excluding tert-OH is 1. The van der Waals surface area contributed by atoms with Crippen LogP contribution in [0.15, 0.2) is 29.0 Å². The van der Waals surface area contributed by atoms with Gasteiger partial charge >= 0.3 is 0 Å². The molecule has 1 amide bonds.